The van der Waals surface area contributed by atoms with Crippen LogP contribution in [0.5, 0.6) is 0 Å². The van der Waals surface area contributed by atoms with Crippen LogP contribution in [0.2, 0.25) is 0 Å². The molecule has 9 aromatic rings. The normalized spacial score (nSPS) is 15.6. The van der Waals surface area contributed by atoms with E-state index in [4.69, 9.17) is 0 Å². The van der Waals surface area contributed by atoms with Gasteiger partial charge in [-0.15, -0.1) is 0 Å². The minimum atomic E-state index is -1.47. The van der Waals surface area contributed by atoms with Crippen LogP contribution in [-0.4, -0.2) is 8.42 Å². The molecule has 0 amide bonds. The van der Waals surface area contributed by atoms with E-state index >= 15 is 0 Å². The fourth-order valence-corrected chi connectivity index (χ4v) is 13.5. The molecule has 60 heavy (non-hydrogen) atoms. The highest BCUT2D eigenvalue weighted by Crippen LogP contribution is 2.64. The van der Waals surface area contributed by atoms with Crippen molar-refractivity contribution in [1.82, 2.24) is 0 Å². The first-order chi connectivity index (χ1) is 29.6. The van der Waals surface area contributed by atoms with Gasteiger partial charge >= 0.3 is 0 Å². The van der Waals surface area contributed by atoms with Crippen LogP contribution in [0.4, 0.5) is 0 Å². The zero-order valence-electron chi connectivity index (χ0n) is 32.3. The average Bonchev–Trinajstić information content (AvgIpc) is 4.00. The number of hydrogen-bond donors (Lipinski definition) is 0. The van der Waals surface area contributed by atoms with Gasteiger partial charge in [-0.05, 0) is 138 Å². The molecule has 2 nitrogen and oxygen atoms in total. The molecule has 0 saturated carbocycles. The number of hydrogen-bond acceptors (Lipinski definition) is 2. The van der Waals surface area contributed by atoms with Crippen LogP contribution >= 0.6 is 0 Å². The van der Waals surface area contributed by atoms with Crippen molar-refractivity contribution in [2.75, 3.05) is 0 Å². The molecule has 0 aliphatic heterocycles. The first-order valence-corrected chi connectivity index (χ1v) is 22.7. The van der Waals surface area contributed by atoms with Crippen LogP contribution in [-0.2, 0) is 32.4 Å². The molecule has 9 aromatic carbocycles. The second kappa shape index (κ2) is 12.4. The van der Waals surface area contributed by atoms with Gasteiger partial charge in [0, 0.05) is 19.6 Å². The molecule has 2 atom stereocenters. The number of fused-ring (bicyclic) bond motifs is 20. The second-order valence-corrected chi connectivity index (χ2v) is 19.2. The molecule has 2 spiro atoms. The third-order valence-corrected chi connectivity index (χ3v) is 16.4. The van der Waals surface area contributed by atoms with Crippen LogP contribution in [0.1, 0.15) is 44.5 Å². The van der Waals surface area contributed by atoms with E-state index in [2.05, 4.69) is 170 Å². The zero-order valence-corrected chi connectivity index (χ0v) is 33.9. The largest absolute Gasteiger partial charge is 0.249 e. The fourth-order valence-electron chi connectivity index (χ4n) is 11.3. The van der Waals surface area contributed by atoms with Crippen molar-refractivity contribution >= 4 is 21.6 Å². The Morgan fingerprint density at radius 1 is 0.233 bits per heavy atom. The summed E-state index contributed by atoms with van der Waals surface area (Å²) >= 11 is 0. The van der Waals surface area contributed by atoms with E-state index in [0.717, 1.165) is 20.9 Å². The Balaban J connectivity index is 0.881. The van der Waals surface area contributed by atoms with Gasteiger partial charge in [0.05, 0.1) is 32.4 Å². The van der Waals surface area contributed by atoms with Crippen LogP contribution in [0, 0.1) is 0 Å². The van der Waals surface area contributed by atoms with E-state index in [1.807, 2.05) is 36.4 Å². The molecule has 4 heteroatoms. The van der Waals surface area contributed by atoms with Crippen LogP contribution < -0.4 is 0 Å². The molecular formula is C56H34O2S2. The molecule has 0 bridgehead atoms. The summed E-state index contributed by atoms with van der Waals surface area (Å²) in [5.74, 6) is 0. The highest BCUT2D eigenvalue weighted by Gasteiger charge is 2.53. The lowest BCUT2D eigenvalue weighted by Gasteiger charge is -2.30. The highest BCUT2D eigenvalue weighted by atomic mass is 32.2. The van der Waals surface area contributed by atoms with Crippen molar-refractivity contribution in [1.29, 1.82) is 0 Å². The second-order valence-electron chi connectivity index (χ2n) is 16.2. The first-order valence-electron chi connectivity index (χ1n) is 20.4. The summed E-state index contributed by atoms with van der Waals surface area (Å²) < 4.78 is 29.2. The summed E-state index contributed by atoms with van der Waals surface area (Å²) in [5.41, 5.74) is 18.6. The quantitative estimate of drug-likeness (QED) is 0.178. The summed E-state index contributed by atoms with van der Waals surface area (Å²) in [5, 5.41) is 0. The lowest BCUT2D eigenvalue weighted by molar-refractivity contribution is 0.680. The van der Waals surface area contributed by atoms with Crippen molar-refractivity contribution < 1.29 is 8.42 Å². The van der Waals surface area contributed by atoms with Crippen molar-refractivity contribution in [2.45, 2.75) is 30.4 Å². The molecule has 4 aliphatic rings. The molecule has 2 unspecified atom stereocenters. The lowest BCUT2D eigenvalue weighted by Crippen LogP contribution is -2.26. The standard InChI is InChI=1S/C56H34O2S2/c57-59(37-29-31-45-43-17-5-11-23-51(43)55(53(45)33-37)47-19-7-1-13-39(47)40-14-2-8-20-48(40)55)35-25-27-36(28-26-35)60(58)38-30-32-46-44-18-6-12-24-52(44)56(54(46)34-38)49-21-9-3-15-41(49)42-16-4-10-22-50(42)56/h1-34H. The summed E-state index contributed by atoms with van der Waals surface area (Å²) in [7, 11) is -2.95. The van der Waals surface area contributed by atoms with E-state index < -0.39 is 32.4 Å². The Morgan fingerprint density at radius 3 is 0.717 bits per heavy atom. The molecule has 0 aromatic heterocycles. The maximum atomic E-state index is 14.6. The molecule has 0 radical (unpaired) electrons. The molecule has 282 valence electrons. The maximum absolute atomic E-state index is 14.6. The van der Waals surface area contributed by atoms with Gasteiger partial charge in [-0.2, -0.15) is 0 Å². The minimum absolute atomic E-state index is 0.501. The van der Waals surface area contributed by atoms with Gasteiger partial charge in [-0.3, -0.25) is 0 Å². The van der Waals surface area contributed by atoms with Crippen molar-refractivity contribution in [2.24, 2.45) is 0 Å². The van der Waals surface area contributed by atoms with Crippen LogP contribution in [0.25, 0.3) is 44.5 Å². The summed E-state index contributed by atoms with van der Waals surface area (Å²) in [4.78, 5) is 2.85. The molecule has 0 saturated heterocycles. The Labute approximate surface area is 353 Å². The van der Waals surface area contributed by atoms with Crippen LogP contribution in [0.15, 0.2) is 226 Å². The van der Waals surface area contributed by atoms with Crippen molar-refractivity contribution in [3.8, 4) is 44.5 Å². The third-order valence-electron chi connectivity index (χ3n) is 13.6. The van der Waals surface area contributed by atoms with E-state index in [1.165, 1.54) is 77.9 Å². The Kier molecular flexibility index (Phi) is 7.06. The maximum Gasteiger partial charge on any atom is 0.0849 e. The molecule has 0 N–H and O–H groups in total. The van der Waals surface area contributed by atoms with Gasteiger partial charge in [-0.25, -0.2) is 8.42 Å². The van der Waals surface area contributed by atoms with Crippen molar-refractivity contribution in [3.05, 3.63) is 251 Å². The van der Waals surface area contributed by atoms with Gasteiger partial charge < -0.3 is 0 Å². The summed E-state index contributed by atoms with van der Waals surface area (Å²) in [6, 6.07) is 72.6. The Hall–Kier alpha value is -6.72. The summed E-state index contributed by atoms with van der Waals surface area (Å²) in [6.45, 7) is 0. The van der Waals surface area contributed by atoms with E-state index in [1.54, 1.807) is 0 Å². The third kappa shape index (κ3) is 4.22. The molecule has 4 aliphatic carbocycles. The van der Waals surface area contributed by atoms with Gasteiger partial charge in [0.2, 0.25) is 0 Å². The molecule has 0 heterocycles. The van der Waals surface area contributed by atoms with E-state index in [9.17, 15) is 8.42 Å². The molecule has 13 rings (SSSR count). The number of benzene rings is 9. The Morgan fingerprint density at radius 2 is 0.450 bits per heavy atom. The van der Waals surface area contributed by atoms with E-state index in [-0.39, 0.29) is 0 Å². The van der Waals surface area contributed by atoms with Gasteiger partial charge in [0.25, 0.3) is 0 Å². The zero-order chi connectivity index (χ0) is 39.7. The molecular weight excluding hydrogens is 769 g/mol. The lowest BCUT2D eigenvalue weighted by atomic mass is 9.70. The first kappa shape index (κ1) is 34.2. The van der Waals surface area contributed by atoms with E-state index in [0.29, 0.717) is 9.79 Å². The topological polar surface area (TPSA) is 34.1 Å². The summed E-state index contributed by atoms with van der Waals surface area (Å²) in [6.07, 6.45) is 0. The predicted octanol–water partition coefficient (Wildman–Crippen LogP) is 12.7. The SMILES string of the molecule is O=S(c1ccc(S(=O)c2ccc3c(c2)C2(c4ccccc4-c4ccccc42)c2ccccc2-3)cc1)c1ccc2c(c1)C1(c3ccccc3-c3ccccc31)c1ccccc1-2. The molecule has 0 fully saturated rings. The Bertz CT molecular complexity index is 3030. The van der Waals surface area contributed by atoms with Crippen LogP contribution in [0.3, 0.4) is 0 Å². The highest BCUT2D eigenvalue weighted by molar-refractivity contribution is 7.85. The smallest absolute Gasteiger partial charge is 0.0849 e. The fraction of sp³-hybridized carbons (Fsp3) is 0.0357. The monoisotopic (exact) mass is 802 g/mol. The number of rotatable bonds is 4. The average molecular weight is 803 g/mol. The predicted molar refractivity (Wildman–Crippen MR) is 241 cm³/mol. The van der Waals surface area contributed by atoms with Gasteiger partial charge in [0.15, 0.2) is 0 Å². The van der Waals surface area contributed by atoms with Crippen molar-refractivity contribution in [3.63, 3.8) is 0 Å². The van der Waals surface area contributed by atoms with Gasteiger partial charge in [-0.1, -0.05) is 158 Å². The van der Waals surface area contributed by atoms with Gasteiger partial charge in [0.1, 0.15) is 0 Å². The minimum Gasteiger partial charge on any atom is -0.249 e.